The molecule has 19 heavy (non-hydrogen) atoms. The minimum Gasteiger partial charge on any atom is -0.464 e. The van der Waals surface area contributed by atoms with Gasteiger partial charge in [0.1, 0.15) is 0 Å². The van der Waals surface area contributed by atoms with Gasteiger partial charge in [-0.2, -0.15) is 15.0 Å². The van der Waals surface area contributed by atoms with Gasteiger partial charge in [-0.1, -0.05) is 0 Å². The number of hydrogen-bond donors (Lipinski definition) is 3. The second kappa shape index (κ2) is 8.47. The third-order valence-corrected chi connectivity index (χ3v) is 2.31. The predicted molar refractivity (Wildman–Crippen MR) is 74.6 cm³/mol. The highest BCUT2D eigenvalue weighted by Crippen LogP contribution is 2.11. The van der Waals surface area contributed by atoms with Crippen molar-refractivity contribution in [2.75, 3.05) is 30.3 Å². The summed E-state index contributed by atoms with van der Waals surface area (Å²) >= 11 is 0. The van der Waals surface area contributed by atoms with Crippen molar-refractivity contribution in [3.05, 3.63) is 0 Å². The fourth-order valence-electron chi connectivity index (χ4n) is 1.46. The Labute approximate surface area is 113 Å². The number of nitrogens with zero attached hydrogens (tertiary/aromatic N) is 3. The average Bonchev–Trinajstić information content (AvgIpc) is 2.35. The van der Waals surface area contributed by atoms with Crippen molar-refractivity contribution in [2.24, 2.45) is 0 Å². The smallest absolute Gasteiger partial charge is 0.323 e. The SMILES string of the molecule is CCNc1nc(NCCCC(C)O)nc(OCC)n1. The predicted octanol–water partition coefficient (Wildman–Crippen LogP) is 1.27. The van der Waals surface area contributed by atoms with Crippen LogP contribution in [0.4, 0.5) is 11.9 Å². The second-order valence-electron chi connectivity index (χ2n) is 4.15. The van der Waals surface area contributed by atoms with Crippen LogP contribution in [0.25, 0.3) is 0 Å². The fourth-order valence-corrected chi connectivity index (χ4v) is 1.46. The van der Waals surface area contributed by atoms with Crippen molar-refractivity contribution in [2.45, 2.75) is 39.7 Å². The third kappa shape index (κ3) is 6.19. The summed E-state index contributed by atoms with van der Waals surface area (Å²) in [5.41, 5.74) is 0. The molecule has 1 unspecified atom stereocenters. The minimum absolute atomic E-state index is 0.281. The van der Waals surface area contributed by atoms with Gasteiger partial charge in [0.15, 0.2) is 0 Å². The van der Waals surface area contributed by atoms with Gasteiger partial charge in [0.2, 0.25) is 11.9 Å². The Hall–Kier alpha value is -1.63. The van der Waals surface area contributed by atoms with Crippen LogP contribution in [0.15, 0.2) is 0 Å². The summed E-state index contributed by atoms with van der Waals surface area (Å²) in [4.78, 5) is 12.5. The summed E-state index contributed by atoms with van der Waals surface area (Å²) in [6, 6.07) is 0.312. The van der Waals surface area contributed by atoms with E-state index in [0.717, 1.165) is 19.4 Å². The number of hydrogen-bond acceptors (Lipinski definition) is 7. The van der Waals surface area contributed by atoms with Gasteiger partial charge in [-0.25, -0.2) is 0 Å². The van der Waals surface area contributed by atoms with Crippen molar-refractivity contribution in [1.82, 2.24) is 15.0 Å². The van der Waals surface area contributed by atoms with Crippen molar-refractivity contribution in [3.8, 4) is 6.01 Å². The summed E-state index contributed by atoms with van der Waals surface area (Å²) in [6.45, 7) is 7.58. The normalized spacial score (nSPS) is 12.0. The number of aliphatic hydroxyl groups excluding tert-OH is 1. The van der Waals surface area contributed by atoms with Crippen LogP contribution in [-0.4, -0.2) is 45.9 Å². The molecule has 0 saturated heterocycles. The molecule has 1 aromatic heterocycles. The Morgan fingerprint density at radius 1 is 1.16 bits per heavy atom. The summed E-state index contributed by atoms with van der Waals surface area (Å²) in [5, 5.41) is 15.3. The quantitative estimate of drug-likeness (QED) is 0.581. The van der Waals surface area contributed by atoms with E-state index in [1.165, 1.54) is 0 Å². The van der Waals surface area contributed by atoms with Gasteiger partial charge in [0.05, 0.1) is 12.7 Å². The maximum atomic E-state index is 9.18. The summed E-state index contributed by atoms with van der Waals surface area (Å²) in [5.74, 6) is 0.985. The van der Waals surface area contributed by atoms with Crippen LogP contribution >= 0.6 is 0 Å². The number of anilines is 2. The first-order valence-corrected chi connectivity index (χ1v) is 6.70. The van der Waals surface area contributed by atoms with E-state index < -0.39 is 0 Å². The van der Waals surface area contributed by atoms with Gasteiger partial charge in [0.25, 0.3) is 0 Å². The standard InChI is InChI=1S/C12H23N5O2/c1-4-13-10-15-11(14-8-6-7-9(3)18)17-12(16-10)19-5-2/h9,18H,4-8H2,1-3H3,(H2,13,14,15,16,17). The maximum absolute atomic E-state index is 9.18. The minimum atomic E-state index is -0.281. The lowest BCUT2D eigenvalue weighted by atomic mass is 10.2. The number of rotatable bonds is 9. The molecule has 0 fully saturated rings. The van der Waals surface area contributed by atoms with E-state index in [4.69, 9.17) is 4.74 Å². The first kappa shape index (κ1) is 15.4. The Bertz CT molecular complexity index is 349. The zero-order valence-electron chi connectivity index (χ0n) is 11.8. The lowest BCUT2D eigenvalue weighted by Crippen LogP contribution is -2.12. The Morgan fingerprint density at radius 3 is 2.42 bits per heavy atom. The Kier molecular flexibility index (Phi) is 6.88. The first-order valence-electron chi connectivity index (χ1n) is 6.70. The van der Waals surface area contributed by atoms with Gasteiger partial charge >= 0.3 is 6.01 Å². The molecule has 7 nitrogen and oxygen atoms in total. The molecule has 0 radical (unpaired) electrons. The van der Waals surface area contributed by atoms with E-state index in [0.29, 0.717) is 31.1 Å². The molecule has 1 rings (SSSR count). The maximum Gasteiger partial charge on any atom is 0.323 e. The molecule has 0 aliphatic rings. The van der Waals surface area contributed by atoms with Gasteiger partial charge in [-0.15, -0.1) is 0 Å². The van der Waals surface area contributed by atoms with Crippen LogP contribution in [0.2, 0.25) is 0 Å². The number of ether oxygens (including phenoxy) is 1. The molecular weight excluding hydrogens is 246 g/mol. The second-order valence-corrected chi connectivity index (χ2v) is 4.15. The van der Waals surface area contributed by atoms with Gasteiger partial charge in [0, 0.05) is 13.1 Å². The van der Waals surface area contributed by atoms with Crippen LogP contribution in [-0.2, 0) is 0 Å². The molecule has 0 aromatic carbocycles. The van der Waals surface area contributed by atoms with E-state index in [2.05, 4.69) is 25.6 Å². The number of aliphatic hydroxyl groups is 1. The third-order valence-electron chi connectivity index (χ3n) is 2.31. The van der Waals surface area contributed by atoms with Crippen molar-refractivity contribution < 1.29 is 9.84 Å². The van der Waals surface area contributed by atoms with Gasteiger partial charge in [-0.3, -0.25) is 0 Å². The lowest BCUT2D eigenvalue weighted by Gasteiger charge is -2.09. The molecule has 0 spiro atoms. The van der Waals surface area contributed by atoms with E-state index in [-0.39, 0.29) is 6.10 Å². The van der Waals surface area contributed by atoms with Gasteiger partial charge in [-0.05, 0) is 33.6 Å². The Morgan fingerprint density at radius 2 is 1.84 bits per heavy atom. The number of nitrogens with one attached hydrogen (secondary N) is 2. The molecule has 0 amide bonds. The molecule has 1 aromatic rings. The van der Waals surface area contributed by atoms with E-state index in [1.54, 1.807) is 6.92 Å². The molecule has 0 aliphatic heterocycles. The highest BCUT2D eigenvalue weighted by Gasteiger charge is 2.06. The largest absolute Gasteiger partial charge is 0.464 e. The molecule has 108 valence electrons. The molecule has 0 saturated carbocycles. The van der Waals surface area contributed by atoms with Crippen LogP contribution in [0.1, 0.15) is 33.6 Å². The summed E-state index contributed by atoms with van der Waals surface area (Å²) < 4.78 is 5.30. The van der Waals surface area contributed by atoms with Crippen LogP contribution in [0.5, 0.6) is 6.01 Å². The number of aromatic nitrogens is 3. The topological polar surface area (TPSA) is 92.2 Å². The van der Waals surface area contributed by atoms with E-state index in [9.17, 15) is 5.11 Å². The van der Waals surface area contributed by atoms with Crippen LogP contribution in [0.3, 0.4) is 0 Å². The fraction of sp³-hybridized carbons (Fsp3) is 0.750. The molecule has 0 aliphatic carbocycles. The van der Waals surface area contributed by atoms with Gasteiger partial charge < -0.3 is 20.5 Å². The highest BCUT2D eigenvalue weighted by atomic mass is 16.5. The van der Waals surface area contributed by atoms with Crippen molar-refractivity contribution in [1.29, 1.82) is 0 Å². The van der Waals surface area contributed by atoms with E-state index >= 15 is 0 Å². The Balaban J connectivity index is 2.59. The molecule has 1 atom stereocenters. The average molecular weight is 269 g/mol. The zero-order valence-corrected chi connectivity index (χ0v) is 11.8. The zero-order chi connectivity index (χ0) is 14.1. The lowest BCUT2D eigenvalue weighted by molar-refractivity contribution is 0.183. The van der Waals surface area contributed by atoms with E-state index in [1.807, 2.05) is 13.8 Å². The molecule has 3 N–H and O–H groups in total. The molecule has 1 heterocycles. The summed E-state index contributed by atoms with van der Waals surface area (Å²) in [6.07, 6.45) is 1.32. The highest BCUT2D eigenvalue weighted by molar-refractivity contribution is 5.35. The van der Waals surface area contributed by atoms with Crippen LogP contribution < -0.4 is 15.4 Å². The molecule has 0 bridgehead atoms. The monoisotopic (exact) mass is 269 g/mol. The molecule has 7 heteroatoms. The van der Waals surface area contributed by atoms with Crippen molar-refractivity contribution >= 4 is 11.9 Å². The van der Waals surface area contributed by atoms with Crippen LogP contribution in [0, 0.1) is 0 Å². The first-order chi connectivity index (χ1) is 9.15. The molecular formula is C12H23N5O2. The van der Waals surface area contributed by atoms with Crippen molar-refractivity contribution in [3.63, 3.8) is 0 Å². The summed E-state index contributed by atoms with van der Waals surface area (Å²) in [7, 11) is 0.